The monoisotopic (exact) mass is 246 g/mol. The van der Waals surface area contributed by atoms with Gasteiger partial charge < -0.3 is 14.6 Å². The number of nitrogens with zero attached hydrogens (tertiary/aromatic N) is 1. The number of hydrogen-bond donors (Lipinski definition) is 1. The van der Waals surface area contributed by atoms with Gasteiger partial charge in [0.1, 0.15) is 12.0 Å². The number of ether oxygens (including phenoxy) is 1. The van der Waals surface area contributed by atoms with Crippen LogP contribution in [0.25, 0.3) is 0 Å². The maximum atomic E-state index is 5.38. The van der Waals surface area contributed by atoms with Crippen molar-refractivity contribution < 1.29 is 9.26 Å². The third-order valence-electron chi connectivity index (χ3n) is 2.93. The number of hydrogen-bond acceptors (Lipinski definition) is 4. The molecule has 1 N–H and O–H groups in total. The quantitative estimate of drug-likeness (QED) is 0.881. The standard InChI is InChI=1S/C14H18N2O2/c1-10-4-5-14(17-3)13(8-10)11(2)15-9-12-6-7-18-16-12/h4-8,11,15H,9H2,1-3H3. The van der Waals surface area contributed by atoms with E-state index in [0.717, 1.165) is 17.0 Å². The summed E-state index contributed by atoms with van der Waals surface area (Å²) in [5.41, 5.74) is 3.27. The lowest BCUT2D eigenvalue weighted by Crippen LogP contribution is -2.19. The first-order valence-electron chi connectivity index (χ1n) is 5.98. The molecule has 0 bridgehead atoms. The summed E-state index contributed by atoms with van der Waals surface area (Å²) in [7, 11) is 1.69. The van der Waals surface area contributed by atoms with Gasteiger partial charge in [-0.2, -0.15) is 0 Å². The second-order valence-electron chi connectivity index (χ2n) is 4.34. The summed E-state index contributed by atoms with van der Waals surface area (Å²) >= 11 is 0. The van der Waals surface area contributed by atoms with Crippen molar-refractivity contribution in [1.29, 1.82) is 0 Å². The van der Waals surface area contributed by atoms with Gasteiger partial charge in [0.15, 0.2) is 0 Å². The highest BCUT2D eigenvalue weighted by Crippen LogP contribution is 2.26. The molecule has 1 aromatic carbocycles. The van der Waals surface area contributed by atoms with Crippen molar-refractivity contribution >= 4 is 0 Å². The van der Waals surface area contributed by atoms with Gasteiger partial charge >= 0.3 is 0 Å². The molecule has 0 aliphatic carbocycles. The van der Waals surface area contributed by atoms with Gasteiger partial charge in [-0.05, 0) is 19.9 Å². The summed E-state index contributed by atoms with van der Waals surface area (Å²) in [5, 5.41) is 7.27. The lowest BCUT2D eigenvalue weighted by atomic mass is 10.0. The fourth-order valence-electron chi connectivity index (χ4n) is 1.89. The summed E-state index contributed by atoms with van der Waals surface area (Å²) in [6, 6.07) is 8.23. The number of rotatable bonds is 5. The van der Waals surface area contributed by atoms with Crippen LogP contribution in [0.2, 0.25) is 0 Å². The van der Waals surface area contributed by atoms with E-state index in [0.29, 0.717) is 6.54 Å². The van der Waals surface area contributed by atoms with Gasteiger partial charge in [-0.15, -0.1) is 0 Å². The third kappa shape index (κ3) is 2.90. The van der Waals surface area contributed by atoms with Crippen LogP contribution in [-0.2, 0) is 6.54 Å². The SMILES string of the molecule is COc1ccc(C)cc1C(C)NCc1ccon1. The first kappa shape index (κ1) is 12.6. The van der Waals surface area contributed by atoms with Crippen LogP contribution in [0.3, 0.4) is 0 Å². The zero-order valence-electron chi connectivity index (χ0n) is 10.9. The van der Waals surface area contributed by atoms with Gasteiger partial charge in [0.2, 0.25) is 0 Å². The zero-order chi connectivity index (χ0) is 13.0. The predicted octanol–water partition coefficient (Wildman–Crippen LogP) is 2.84. The van der Waals surface area contributed by atoms with Crippen molar-refractivity contribution in [1.82, 2.24) is 10.5 Å². The van der Waals surface area contributed by atoms with E-state index in [1.54, 1.807) is 13.4 Å². The van der Waals surface area contributed by atoms with Crippen LogP contribution in [0.5, 0.6) is 5.75 Å². The fourth-order valence-corrected chi connectivity index (χ4v) is 1.89. The van der Waals surface area contributed by atoms with Crippen molar-refractivity contribution in [3.63, 3.8) is 0 Å². The minimum atomic E-state index is 0.191. The van der Waals surface area contributed by atoms with Gasteiger partial charge in [0.05, 0.1) is 12.8 Å². The Morgan fingerprint density at radius 3 is 2.89 bits per heavy atom. The maximum Gasteiger partial charge on any atom is 0.124 e. The average Bonchev–Trinajstić information content (AvgIpc) is 2.89. The Kier molecular flexibility index (Phi) is 3.99. The second-order valence-corrected chi connectivity index (χ2v) is 4.34. The van der Waals surface area contributed by atoms with Gasteiger partial charge in [-0.1, -0.05) is 22.9 Å². The van der Waals surface area contributed by atoms with Crippen LogP contribution < -0.4 is 10.1 Å². The first-order valence-corrected chi connectivity index (χ1v) is 5.98. The Balaban J connectivity index is 2.08. The number of aromatic nitrogens is 1. The van der Waals surface area contributed by atoms with Gasteiger partial charge in [-0.25, -0.2) is 0 Å². The molecule has 0 amide bonds. The Morgan fingerprint density at radius 2 is 2.22 bits per heavy atom. The van der Waals surface area contributed by atoms with Gasteiger partial charge in [0, 0.05) is 24.2 Å². The van der Waals surface area contributed by atoms with Crippen LogP contribution in [-0.4, -0.2) is 12.3 Å². The van der Waals surface area contributed by atoms with Crippen LogP contribution in [0.4, 0.5) is 0 Å². The Bertz CT molecular complexity index is 495. The van der Waals surface area contributed by atoms with Crippen LogP contribution in [0.15, 0.2) is 35.1 Å². The summed E-state index contributed by atoms with van der Waals surface area (Å²) in [6.07, 6.45) is 1.58. The molecule has 1 aromatic heterocycles. The molecule has 0 saturated carbocycles. The van der Waals surface area contributed by atoms with E-state index in [2.05, 4.69) is 30.4 Å². The molecule has 96 valence electrons. The molecular formula is C14H18N2O2. The average molecular weight is 246 g/mol. The normalized spacial score (nSPS) is 12.4. The predicted molar refractivity (Wildman–Crippen MR) is 69.5 cm³/mol. The van der Waals surface area contributed by atoms with E-state index in [1.807, 2.05) is 18.2 Å². The fraction of sp³-hybridized carbons (Fsp3) is 0.357. The Hall–Kier alpha value is -1.81. The van der Waals surface area contributed by atoms with E-state index in [-0.39, 0.29) is 6.04 Å². The molecule has 0 saturated heterocycles. The summed E-state index contributed by atoms with van der Waals surface area (Å²) < 4.78 is 10.2. The highest BCUT2D eigenvalue weighted by atomic mass is 16.5. The summed E-state index contributed by atoms with van der Waals surface area (Å²) in [4.78, 5) is 0. The molecule has 4 nitrogen and oxygen atoms in total. The minimum absolute atomic E-state index is 0.191. The van der Waals surface area contributed by atoms with Crippen LogP contribution >= 0.6 is 0 Å². The zero-order valence-corrected chi connectivity index (χ0v) is 10.9. The van der Waals surface area contributed by atoms with E-state index in [4.69, 9.17) is 9.26 Å². The van der Waals surface area contributed by atoms with Gasteiger partial charge in [-0.3, -0.25) is 0 Å². The maximum absolute atomic E-state index is 5.38. The molecule has 0 aliphatic rings. The number of nitrogens with one attached hydrogen (secondary N) is 1. The Labute approximate surface area is 107 Å². The smallest absolute Gasteiger partial charge is 0.124 e. The summed E-state index contributed by atoms with van der Waals surface area (Å²) in [5.74, 6) is 0.903. The number of benzene rings is 1. The van der Waals surface area contributed by atoms with Crippen molar-refractivity contribution in [2.24, 2.45) is 0 Å². The molecule has 1 unspecified atom stereocenters. The highest BCUT2D eigenvalue weighted by molar-refractivity contribution is 5.38. The molecular weight excluding hydrogens is 228 g/mol. The second kappa shape index (κ2) is 5.69. The largest absolute Gasteiger partial charge is 0.496 e. The Morgan fingerprint density at radius 1 is 1.39 bits per heavy atom. The molecule has 0 spiro atoms. The molecule has 2 aromatic rings. The van der Waals surface area contributed by atoms with E-state index < -0.39 is 0 Å². The van der Waals surface area contributed by atoms with E-state index >= 15 is 0 Å². The van der Waals surface area contributed by atoms with Crippen LogP contribution in [0, 0.1) is 6.92 Å². The van der Waals surface area contributed by atoms with Crippen molar-refractivity contribution in [2.45, 2.75) is 26.4 Å². The lowest BCUT2D eigenvalue weighted by Gasteiger charge is -2.17. The lowest BCUT2D eigenvalue weighted by molar-refractivity contribution is 0.395. The first-order chi connectivity index (χ1) is 8.70. The molecule has 0 radical (unpaired) electrons. The van der Waals surface area contributed by atoms with E-state index in [1.165, 1.54) is 5.56 Å². The minimum Gasteiger partial charge on any atom is -0.496 e. The molecule has 1 heterocycles. The van der Waals surface area contributed by atoms with Crippen molar-refractivity contribution in [3.8, 4) is 5.75 Å². The van der Waals surface area contributed by atoms with E-state index in [9.17, 15) is 0 Å². The van der Waals surface area contributed by atoms with Crippen molar-refractivity contribution in [3.05, 3.63) is 47.3 Å². The third-order valence-corrected chi connectivity index (χ3v) is 2.93. The highest BCUT2D eigenvalue weighted by Gasteiger charge is 2.11. The molecule has 1 atom stereocenters. The number of methoxy groups -OCH3 is 1. The van der Waals surface area contributed by atoms with Gasteiger partial charge in [0.25, 0.3) is 0 Å². The number of aryl methyl sites for hydroxylation is 1. The molecule has 0 fully saturated rings. The topological polar surface area (TPSA) is 47.3 Å². The van der Waals surface area contributed by atoms with Crippen molar-refractivity contribution in [2.75, 3.05) is 7.11 Å². The van der Waals surface area contributed by atoms with Crippen LogP contribution in [0.1, 0.15) is 29.8 Å². The molecule has 18 heavy (non-hydrogen) atoms. The molecule has 4 heteroatoms. The molecule has 2 rings (SSSR count). The molecule has 0 aliphatic heterocycles. The summed E-state index contributed by atoms with van der Waals surface area (Å²) in [6.45, 7) is 4.86.